The number of rotatable bonds is 4. The number of carbonyl (C=O) groups excluding carboxylic acids is 2. The number of likely N-dealkylation sites (tertiary alicyclic amines) is 2. The molecule has 0 bridgehead atoms. The zero-order valence-corrected chi connectivity index (χ0v) is 23.5. The predicted octanol–water partition coefficient (Wildman–Crippen LogP) is 5.18. The molecule has 3 fully saturated rings. The topological polar surface area (TPSA) is 59.1 Å². The second-order valence-corrected chi connectivity index (χ2v) is 13.5. The molecule has 0 amide bonds. The van der Waals surface area contributed by atoms with E-state index in [-0.39, 0.29) is 46.3 Å². The Hall–Kier alpha value is -1.14. The quantitative estimate of drug-likeness (QED) is 0.519. The van der Waals surface area contributed by atoms with Crippen LogP contribution in [0.1, 0.15) is 107 Å². The average molecular weight is 479 g/mol. The summed E-state index contributed by atoms with van der Waals surface area (Å²) >= 11 is 0. The molecule has 196 valence electrons. The fourth-order valence-corrected chi connectivity index (χ4v) is 6.56. The SMILES string of the molecule is CN1C(C)(C)CCC(OC(=O)C2CCCCC2C(=O)OC2CCC(C)(C)N(C)C2(C)C)C1(C)C. The van der Waals surface area contributed by atoms with Crippen molar-refractivity contribution >= 4 is 11.9 Å². The van der Waals surface area contributed by atoms with E-state index in [1.807, 2.05) is 0 Å². The Balaban J connectivity index is 1.69. The lowest BCUT2D eigenvalue weighted by atomic mass is 9.76. The summed E-state index contributed by atoms with van der Waals surface area (Å²) in [5.41, 5.74) is -0.382. The number of piperidine rings is 2. The summed E-state index contributed by atoms with van der Waals surface area (Å²) in [6.45, 7) is 17.6. The first-order chi connectivity index (χ1) is 15.5. The van der Waals surface area contributed by atoms with E-state index in [9.17, 15) is 9.59 Å². The average Bonchev–Trinajstić information content (AvgIpc) is 2.75. The lowest BCUT2D eigenvalue weighted by molar-refractivity contribution is -0.185. The van der Waals surface area contributed by atoms with Crippen LogP contribution < -0.4 is 0 Å². The number of ether oxygens (including phenoxy) is 2. The van der Waals surface area contributed by atoms with Gasteiger partial charge in [0.15, 0.2) is 0 Å². The van der Waals surface area contributed by atoms with Crippen molar-refractivity contribution in [3.8, 4) is 0 Å². The van der Waals surface area contributed by atoms with E-state index in [4.69, 9.17) is 9.47 Å². The molecule has 3 rings (SSSR count). The smallest absolute Gasteiger partial charge is 0.310 e. The number of hydrogen-bond donors (Lipinski definition) is 0. The van der Waals surface area contributed by atoms with Crippen molar-refractivity contribution in [2.75, 3.05) is 14.1 Å². The van der Waals surface area contributed by atoms with Crippen molar-refractivity contribution in [1.82, 2.24) is 9.80 Å². The molecule has 4 unspecified atom stereocenters. The van der Waals surface area contributed by atoms with Crippen molar-refractivity contribution in [3.63, 3.8) is 0 Å². The maximum absolute atomic E-state index is 13.4. The molecular weight excluding hydrogens is 428 g/mol. The van der Waals surface area contributed by atoms with Gasteiger partial charge in [-0.05, 0) is 108 Å². The number of nitrogens with zero attached hydrogens (tertiary/aromatic N) is 2. The fourth-order valence-electron chi connectivity index (χ4n) is 6.56. The van der Waals surface area contributed by atoms with E-state index >= 15 is 0 Å². The first-order valence-electron chi connectivity index (χ1n) is 13.4. The van der Waals surface area contributed by atoms with Crippen LogP contribution in [0.5, 0.6) is 0 Å². The molecule has 0 spiro atoms. The maximum Gasteiger partial charge on any atom is 0.310 e. The summed E-state index contributed by atoms with van der Waals surface area (Å²) < 4.78 is 12.3. The summed E-state index contributed by atoms with van der Waals surface area (Å²) in [5.74, 6) is -1.24. The van der Waals surface area contributed by atoms with Gasteiger partial charge in [0.25, 0.3) is 0 Å². The van der Waals surface area contributed by atoms with E-state index in [0.29, 0.717) is 12.8 Å². The minimum atomic E-state index is -0.404. The summed E-state index contributed by atoms with van der Waals surface area (Å²) in [6, 6.07) is 0. The molecule has 34 heavy (non-hydrogen) atoms. The Bertz CT molecular complexity index is 708. The van der Waals surface area contributed by atoms with E-state index < -0.39 is 11.8 Å². The maximum atomic E-state index is 13.4. The fraction of sp³-hybridized carbons (Fsp3) is 0.929. The molecule has 0 aromatic carbocycles. The molecule has 0 aromatic rings. The Morgan fingerprint density at radius 2 is 0.941 bits per heavy atom. The van der Waals surface area contributed by atoms with Crippen molar-refractivity contribution in [2.24, 2.45) is 11.8 Å². The third kappa shape index (κ3) is 5.04. The highest BCUT2D eigenvalue weighted by atomic mass is 16.6. The van der Waals surface area contributed by atoms with Crippen LogP contribution >= 0.6 is 0 Å². The third-order valence-electron chi connectivity index (χ3n) is 10.0. The van der Waals surface area contributed by atoms with Crippen LogP contribution in [0.25, 0.3) is 0 Å². The molecule has 2 saturated heterocycles. The van der Waals surface area contributed by atoms with E-state index in [0.717, 1.165) is 38.5 Å². The molecule has 0 N–H and O–H groups in total. The van der Waals surface area contributed by atoms with Gasteiger partial charge >= 0.3 is 11.9 Å². The monoisotopic (exact) mass is 478 g/mol. The van der Waals surface area contributed by atoms with Gasteiger partial charge in [0.2, 0.25) is 0 Å². The van der Waals surface area contributed by atoms with E-state index in [1.165, 1.54) is 0 Å². The van der Waals surface area contributed by atoms with Gasteiger partial charge in [-0.15, -0.1) is 0 Å². The van der Waals surface area contributed by atoms with E-state index in [1.54, 1.807) is 0 Å². The van der Waals surface area contributed by atoms with Crippen LogP contribution in [0.15, 0.2) is 0 Å². The van der Waals surface area contributed by atoms with Crippen molar-refractivity contribution in [1.29, 1.82) is 0 Å². The number of esters is 2. The molecule has 4 atom stereocenters. The molecular formula is C28H50N2O4. The molecule has 3 aliphatic rings. The van der Waals surface area contributed by atoms with Crippen LogP contribution in [0.3, 0.4) is 0 Å². The van der Waals surface area contributed by atoms with Gasteiger partial charge in [-0.1, -0.05) is 12.8 Å². The lowest BCUT2D eigenvalue weighted by Gasteiger charge is -2.54. The van der Waals surface area contributed by atoms with Crippen molar-refractivity contribution in [2.45, 2.75) is 141 Å². The third-order valence-corrected chi connectivity index (χ3v) is 10.0. The minimum Gasteiger partial charge on any atom is -0.460 e. The zero-order valence-electron chi connectivity index (χ0n) is 23.5. The van der Waals surface area contributed by atoms with Gasteiger partial charge < -0.3 is 9.47 Å². The van der Waals surface area contributed by atoms with Crippen LogP contribution in [-0.2, 0) is 19.1 Å². The molecule has 1 aliphatic carbocycles. The lowest BCUT2D eigenvalue weighted by Crippen LogP contribution is -2.64. The van der Waals surface area contributed by atoms with E-state index in [2.05, 4.69) is 79.3 Å². The minimum absolute atomic E-state index is 0.0676. The molecule has 6 heteroatoms. The first-order valence-corrected chi connectivity index (χ1v) is 13.4. The Morgan fingerprint density at radius 1 is 0.618 bits per heavy atom. The van der Waals surface area contributed by atoms with Gasteiger partial charge in [0, 0.05) is 11.1 Å². The first kappa shape index (κ1) is 27.4. The van der Waals surface area contributed by atoms with Gasteiger partial charge in [-0.25, -0.2) is 0 Å². The number of carbonyl (C=O) groups is 2. The zero-order chi connectivity index (χ0) is 25.7. The van der Waals surface area contributed by atoms with Crippen LogP contribution in [0.4, 0.5) is 0 Å². The summed E-state index contributed by atoms with van der Waals surface area (Å²) in [6.07, 6.45) is 6.60. The van der Waals surface area contributed by atoms with Gasteiger partial charge in [-0.3, -0.25) is 19.4 Å². The summed E-state index contributed by atoms with van der Waals surface area (Å²) in [4.78, 5) is 31.5. The number of likely N-dealkylation sites (N-methyl/N-ethyl adjacent to an activating group) is 2. The second-order valence-electron chi connectivity index (χ2n) is 13.5. The molecule has 1 saturated carbocycles. The molecule has 0 aromatic heterocycles. The second kappa shape index (κ2) is 9.38. The van der Waals surface area contributed by atoms with Crippen LogP contribution in [0.2, 0.25) is 0 Å². The highest BCUT2D eigenvalue weighted by Gasteiger charge is 2.50. The van der Waals surface area contributed by atoms with Gasteiger partial charge in [0.05, 0.1) is 22.9 Å². The van der Waals surface area contributed by atoms with Crippen molar-refractivity contribution in [3.05, 3.63) is 0 Å². The van der Waals surface area contributed by atoms with Crippen LogP contribution in [0, 0.1) is 11.8 Å². The van der Waals surface area contributed by atoms with Gasteiger partial charge in [0.1, 0.15) is 12.2 Å². The molecule has 2 aliphatic heterocycles. The Morgan fingerprint density at radius 3 is 1.26 bits per heavy atom. The van der Waals surface area contributed by atoms with Gasteiger partial charge in [-0.2, -0.15) is 0 Å². The standard InChI is InChI=1S/C28H50N2O4/c1-25(2)17-15-21(27(5,6)29(25)9)33-23(31)19-13-11-12-14-20(19)24(32)34-22-16-18-26(3,4)30(10)28(22,7)8/h19-22H,11-18H2,1-10H3. The largest absolute Gasteiger partial charge is 0.460 e. The Labute approximate surface area is 208 Å². The highest BCUT2D eigenvalue weighted by Crippen LogP contribution is 2.42. The predicted molar refractivity (Wildman–Crippen MR) is 136 cm³/mol. The molecule has 2 heterocycles. The van der Waals surface area contributed by atoms with Crippen LogP contribution in [-0.4, -0.2) is 70.2 Å². The summed E-state index contributed by atoms with van der Waals surface area (Å²) in [7, 11) is 4.23. The highest BCUT2D eigenvalue weighted by molar-refractivity contribution is 5.82. The number of hydrogen-bond acceptors (Lipinski definition) is 6. The van der Waals surface area contributed by atoms with Crippen molar-refractivity contribution < 1.29 is 19.1 Å². The Kier molecular flexibility index (Phi) is 7.58. The molecule has 6 nitrogen and oxygen atoms in total. The molecule has 0 radical (unpaired) electrons. The normalized spacial score (nSPS) is 35.4. The summed E-state index contributed by atoms with van der Waals surface area (Å²) in [5, 5.41) is 0.